The molecule has 0 saturated heterocycles. The number of hydrogen-bond donors (Lipinski definition) is 1. The van der Waals surface area contributed by atoms with Gasteiger partial charge in [-0.3, -0.25) is 0 Å². The lowest BCUT2D eigenvalue weighted by Crippen LogP contribution is -2.28. The molecule has 0 bridgehead atoms. The fourth-order valence-corrected chi connectivity index (χ4v) is 2.92. The highest BCUT2D eigenvalue weighted by Crippen LogP contribution is 2.38. The van der Waals surface area contributed by atoms with Crippen LogP contribution in [0.5, 0.6) is 5.75 Å². The molecule has 0 unspecified atom stereocenters. The summed E-state index contributed by atoms with van der Waals surface area (Å²) in [5, 5.41) is 12.4. The summed E-state index contributed by atoms with van der Waals surface area (Å²) in [6.07, 6.45) is 2.53. The van der Waals surface area contributed by atoms with Crippen molar-refractivity contribution in [2.24, 2.45) is 0 Å². The van der Waals surface area contributed by atoms with Gasteiger partial charge in [0.2, 0.25) is 0 Å². The highest BCUT2D eigenvalue weighted by Gasteiger charge is 2.35. The third-order valence-electron chi connectivity index (χ3n) is 2.94. The molecule has 1 N–H and O–H groups in total. The second-order valence-corrected chi connectivity index (χ2v) is 4.67. The van der Waals surface area contributed by atoms with Crippen LogP contribution in [0.3, 0.4) is 0 Å². The Bertz CT molecular complexity index is 478. The van der Waals surface area contributed by atoms with Gasteiger partial charge in [-0.05, 0) is 24.1 Å². The van der Waals surface area contributed by atoms with Crippen molar-refractivity contribution >= 4 is 11.3 Å². The molecular weight excluding hydrogens is 234 g/mol. The Morgan fingerprint density at radius 3 is 2.82 bits per heavy atom. The number of hydrogen-bond acceptors (Lipinski definition) is 4. The zero-order valence-electron chi connectivity index (χ0n) is 9.88. The van der Waals surface area contributed by atoms with Gasteiger partial charge in [0.15, 0.2) is 0 Å². The van der Waals surface area contributed by atoms with Gasteiger partial charge in [0.1, 0.15) is 16.4 Å². The molecule has 2 aromatic rings. The molecule has 90 valence electrons. The van der Waals surface area contributed by atoms with E-state index >= 15 is 0 Å². The molecule has 2 rings (SSSR count). The smallest absolute Gasteiger partial charge is 0.144 e. The molecule has 0 spiro atoms. The van der Waals surface area contributed by atoms with Gasteiger partial charge in [-0.15, -0.1) is 11.3 Å². The predicted molar refractivity (Wildman–Crippen MR) is 68.3 cm³/mol. The second kappa shape index (κ2) is 4.85. The van der Waals surface area contributed by atoms with Crippen LogP contribution in [0.4, 0.5) is 0 Å². The molecule has 4 heteroatoms. The van der Waals surface area contributed by atoms with E-state index in [0.29, 0.717) is 0 Å². The largest absolute Gasteiger partial charge is 0.508 e. The summed E-state index contributed by atoms with van der Waals surface area (Å²) in [6, 6.07) is 7.16. The van der Waals surface area contributed by atoms with Crippen molar-refractivity contribution in [2.45, 2.75) is 18.9 Å². The van der Waals surface area contributed by atoms with E-state index in [0.717, 1.165) is 17.0 Å². The number of nitrogens with zero attached hydrogens (tertiary/aromatic N) is 1. The molecule has 0 fully saturated rings. The number of phenols is 1. The van der Waals surface area contributed by atoms with Crippen molar-refractivity contribution in [3.8, 4) is 5.75 Å². The number of thiazole rings is 1. The lowest BCUT2D eigenvalue weighted by atomic mass is 9.91. The van der Waals surface area contributed by atoms with Gasteiger partial charge in [0.05, 0.1) is 0 Å². The van der Waals surface area contributed by atoms with Gasteiger partial charge < -0.3 is 9.84 Å². The number of benzene rings is 1. The Labute approximate surface area is 105 Å². The topological polar surface area (TPSA) is 42.4 Å². The average Bonchev–Trinajstić information content (AvgIpc) is 2.86. The number of aromatic hydroxyl groups is 1. The molecule has 1 heterocycles. The highest BCUT2D eigenvalue weighted by molar-refractivity contribution is 7.09. The third-order valence-corrected chi connectivity index (χ3v) is 3.85. The number of rotatable bonds is 4. The van der Waals surface area contributed by atoms with E-state index in [9.17, 15) is 5.11 Å². The summed E-state index contributed by atoms with van der Waals surface area (Å²) >= 11 is 1.56. The van der Waals surface area contributed by atoms with Gasteiger partial charge in [-0.25, -0.2) is 4.98 Å². The van der Waals surface area contributed by atoms with Crippen LogP contribution in [0.15, 0.2) is 35.8 Å². The molecule has 1 atom stereocenters. The van der Waals surface area contributed by atoms with E-state index in [1.165, 1.54) is 0 Å². The molecule has 0 saturated carbocycles. The minimum Gasteiger partial charge on any atom is -0.508 e. The maximum atomic E-state index is 9.59. The summed E-state index contributed by atoms with van der Waals surface area (Å²) in [7, 11) is 1.68. The van der Waals surface area contributed by atoms with Crippen LogP contribution < -0.4 is 0 Å². The van der Waals surface area contributed by atoms with E-state index in [1.54, 1.807) is 36.8 Å². The maximum Gasteiger partial charge on any atom is 0.144 e. The van der Waals surface area contributed by atoms with Gasteiger partial charge in [0, 0.05) is 18.7 Å². The van der Waals surface area contributed by atoms with Gasteiger partial charge in [-0.2, -0.15) is 0 Å². The van der Waals surface area contributed by atoms with Crippen LogP contribution in [-0.2, 0) is 10.3 Å². The zero-order valence-corrected chi connectivity index (χ0v) is 10.7. The van der Waals surface area contributed by atoms with Crippen molar-refractivity contribution in [1.29, 1.82) is 0 Å². The first-order chi connectivity index (χ1) is 8.23. The summed E-state index contributed by atoms with van der Waals surface area (Å²) < 4.78 is 5.71. The van der Waals surface area contributed by atoms with Crippen molar-refractivity contribution in [3.05, 3.63) is 46.4 Å². The molecule has 1 aromatic heterocycles. The standard InChI is InChI=1S/C13H15NO2S/c1-3-13(16-2,12-14-7-8-17-12)10-5-4-6-11(15)9-10/h4-9,15H,3H2,1-2H3/t13-/m1/s1. The van der Waals surface area contributed by atoms with Crippen molar-refractivity contribution in [2.75, 3.05) is 7.11 Å². The lowest BCUT2D eigenvalue weighted by Gasteiger charge is -2.29. The van der Waals surface area contributed by atoms with Crippen molar-refractivity contribution in [1.82, 2.24) is 4.98 Å². The van der Waals surface area contributed by atoms with Crippen LogP contribution in [0.2, 0.25) is 0 Å². The third kappa shape index (κ3) is 2.06. The van der Waals surface area contributed by atoms with Gasteiger partial charge >= 0.3 is 0 Å². The maximum absolute atomic E-state index is 9.59. The predicted octanol–water partition coefficient (Wildman–Crippen LogP) is 3.15. The lowest BCUT2D eigenvalue weighted by molar-refractivity contribution is 0.0183. The molecule has 0 radical (unpaired) electrons. The van der Waals surface area contributed by atoms with Crippen LogP contribution in [0, 0.1) is 0 Å². The summed E-state index contributed by atoms with van der Waals surface area (Å²) in [6.45, 7) is 2.05. The minimum absolute atomic E-state index is 0.244. The normalized spacial score (nSPS) is 14.5. The summed E-state index contributed by atoms with van der Waals surface area (Å²) in [4.78, 5) is 4.35. The number of ether oxygens (including phenoxy) is 1. The van der Waals surface area contributed by atoms with E-state index < -0.39 is 5.60 Å². The molecule has 0 aliphatic rings. The summed E-state index contributed by atoms with van der Waals surface area (Å²) in [5.41, 5.74) is 0.366. The van der Waals surface area contributed by atoms with E-state index in [2.05, 4.69) is 11.9 Å². The highest BCUT2D eigenvalue weighted by atomic mass is 32.1. The van der Waals surface area contributed by atoms with Crippen molar-refractivity contribution < 1.29 is 9.84 Å². The first-order valence-electron chi connectivity index (χ1n) is 5.47. The van der Waals surface area contributed by atoms with E-state index in [4.69, 9.17) is 4.74 Å². The Balaban J connectivity index is 2.55. The monoisotopic (exact) mass is 249 g/mol. The number of aromatic nitrogens is 1. The van der Waals surface area contributed by atoms with E-state index in [-0.39, 0.29) is 5.75 Å². The first-order valence-corrected chi connectivity index (χ1v) is 6.35. The Hall–Kier alpha value is -1.39. The molecule has 1 aromatic carbocycles. The minimum atomic E-state index is -0.563. The molecule has 3 nitrogen and oxygen atoms in total. The zero-order chi connectivity index (χ0) is 12.3. The van der Waals surface area contributed by atoms with Crippen molar-refractivity contribution in [3.63, 3.8) is 0 Å². The quantitative estimate of drug-likeness (QED) is 0.905. The fraction of sp³-hybridized carbons (Fsp3) is 0.308. The van der Waals surface area contributed by atoms with Gasteiger partial charge in [-0.1, -0.05) is 19.1 Å². The van der Waals surface area contributed by atoms with Crippen LogP contribution >= 0.6 is 11.3 Å². The Morgan fingerprint density at radius 1 is 1.47 bits per heavy atom. The van der Waals surface area contributed by atoms with Crippen LogP contribution in [-0.4, -0.2) is 17.2 Å². The van der Waals surface area contributed by atoms with Crippen LogP contribution in [0.25, 0.3) is 0 Å². The molecule has 0 amide bonds. The number of phenolic OH excluding ortho intramolecular Hbond substituents is 1. The fourth-order valence-electron chi connectivity index (χ4n) is 2.01. The second-order valence-electron chi connectivity index (χ2n) is 3.77. The molecule has 17 heavy (non-hydrogen) atoms. The first kappa shape index (κ1) is 12.1. The molecule has 0 aliphatic heterocycles. The Kier molecular flexibility index (Phi) is 3.45. The SMILES string of the molecule is CC[C@@](OC)(c1cccc(O)c1)c1nccs1. The van der Waals surface area contributed by atoms with E-state index in [1.807, 2.05) is 17.5 Å². The summed E-state index contributed by atoms with van der Waals surface area (Å²) in [5.74, 6) is 0.244. The Morgan fingerprint density at radius 2 is 2.29 bits per heavy atom. The molecular formula is C13H15NO2S. The molecule has 0 aliphatic carbocycles. The average molecular weight is 249 g/mol. The van der Waals surface area contributed by atoms with Crippen LogP contribution in [0.1, 0.15) is 23.9 Å². The van der Waals surface area contributed by atoms with Gasteiger partial charge in [0.25, 0.3) is 0 Å². The number of methoxy groups -OCH3 is 1.